The SMILES string of the molecule is O=C(O)C[C@@H](NCc1cc2c(o1)CCCC2)c1ccc(F)cc1F. The molecule has 2 N–H and O–H groups in total. The van der Waals surface area contributed by atoms with Crippen LogP contribution in [-0.4, -0.2) is 11.1 Å². The minimum atomic E-state index is -1.06. The van der Waals surface area contributed by atoms with Gasteiger partial charge in [0, 0.05) is 24.1 Å². The Morgan fingerprint density at radius 3 is 2.75 bits per heavy atom. The highest BCUT2D eigenvalue weighted by atomic mass is 19.1. The number of furan rings is 1. The first-order valence-electron chi connectivity index (χ1n) is 8.03. The van der Waals surface area contributed by atoms with Crippen LogP contribution in [0.2, 0.25) is 0 Å². The van der Waals surface area contributed by atoms with Gasteiger partial charge in [0.2, 0.25) is 0 Å². The highest BCUT2D eigenvalue weighted by Gasteiger charge is 2.21. The molecule has 2 aromatic rings. The van der Waals surface area contributed by atoms with Gasteiger partial charge in [-0.05, 0) is 37.0 Å². The van der Waals surface area contributed by atoms with E-state index < -0.39 is 23.6 Å². The maximum Gasteiger partial charge on any atom is 0.305 e. The first-order chi connectivity index (χ1) is 11.5. The molecule has 1 heterocycles. The van der Waals surface area contributed by atoms with Crippen LogP contribution in [0, 0.1) is 11.6 Å². The molecule has 1 aliphatic carbocycles. The number of carbonyl (C=O) groups is 1. The van der Waals surface area contributed by atoms with E-state index in [2.05, 4.69) is 5.32 Å². The van der Waals surface area contributed by atoms with Crippen LogP contribution in [0.4, 0.5) is 8.78 Å². The second kappa shape index (κ2) is 7.13. The second-order valence-corrected chi connectivity index (χ2v) is 6.07. The lowest BCUT2D eigenvalue weighted by Crippen LogP contribution is -2.24. The monoisotopic (exact) mass is 335 g/mol. The molecule has 3 rings (SSSR count). The molecule has 0 spiro atoms. The summed E-state index contributed by atoms with van der Waals surface area (Å²) in [5.74, 6) is -0.813. The summed E-state index contributed by atoms with van der Waals surface area (Å²) in [6.07, 6.45) is 3.85. The predicted molar refractivity (Wildman–Crippen MR) is 83.5 cm³/mol. The van der Waals surface area contributed by atoms with Gasteiger partial charge in [-0.1, -0.05) is 6.07 Å². The maximum absolute atomic E-state index is 14.0. The second-order valence-electron chi connectivity index (χ2n) is 6.07. The van der Waals surface area contributed by atoms with E-state index in [9.17, 15) is 13.6 Å². The van der Waals surface area contributed by atoms with Crippen molar-refractivity contribution < 1.29 is 23.1 Å². The zero-order chi connectivity index (χ0) is 17.1. The Balaban J connectivity index is 1.74. The van der Waals surface area contributed by atoms with E-state index in [1.54, 1.807) is 0 Å². The Morgan fingerprint density at radius 2 is 2.04 bits per heavy atom. The fourth-order valence-electron chi connectivity index (χ4n) is 3.11. The number of nitrogens with one attached hydrogen (secondary N) is 1. The van der Waals surface area contributed by atoms with Gasteiger partial charge in [-0.2, -0.15) is 0 Å². The van der Waals surface area contributed by atoms with Crippen LogP contribution in [0.3, 0.4) is 0 Å². The Labute approximate surface area is 138 Å². The summed E-state index contributed by atoms with van der Waals surface area (Å²) in [6, 6.07) is 4.38. The van der Waals surface area contributed by atoms with Crippen molar-refractivity contribution in [2.75, 3.05) is 0 Å². The zero-order valence-electron chi connectivity index (χ0n) is 13.1. The third-order valence-corrected chi connectivity index (χ3v) is 4.29. The Bertz CT molecular complexity index is 718. The van der Waals surface area contributed by atoms with Gasteiger partial charge < -0.3 is 14.8 Å². The molecule has 1 aromatic heterocycles. The van der Waals surface area contributed by atoms with Gasteiger partial charge in [-0.3, -0.25) is 4.79 Å². The topological polar surface area (TPSA) is 62.5 Å². The molecule has 24 heavy (non-hydrogen) atoms. The highest BCUT2D eigenvalue weighted by molar-refractivity contribution is 5.68. The molecule has 0 unspecified atom stereocenters. The quantitative estimate of drug-likeness (QED) is 0.844. The van der Waals surface area contributed by atoms with Crippen LogP contribution in [0.15, 0.2) is 28.7 Å². The fraction of sp³-hybridized carbons (Fsp3) is 0.389. The number of hydrogen-bond acceptors (Lipinski definition) is 3. The fourth-order valence-corrected chi connectivity index (χ4v) is 3.11. The van der Waals surface area contributed by atoms with Crippen LogP contribution in [0.5, 0.6) is 0 Å². The van der Waals surface area contributed by atoms with Crippen LogP contribution in [-0.2, 0) is 24.2 Å². The molecular formula is C18H19F2NO3. The van der Waals surface area contributed by atoms with E-state index in [-0.39, 0.29) is 12.0 Å². The first-order valence-corrected chi connectivity index (χ1v) is 8.03. The summed E-state index contributed by atoms with van der Waals surface area (Å²) in [6.45, 7) is 0.293. The number of rotatable bonds is 6. The van der Waals surface area contributed by atoms with Crippen LogP contribution in [0.25, 0.3) is 0 Å². The molecule has 1 atom stereocenters. The number of carboxylic acid groups (broad SMARTS) is 1. The van der Waals surface area contributed by atoms with Crippen molar-refractivity contribution in [1.29, 1.82) is 0 Å². The number of carboxylic acids is 1. The number of fused-ring (bicyclic) bond motifs is 1. The first kappa shape index (κ1) is 16.6. The van der Waals surface area contributed by atoms with Gasteiger partial charge in [0.25, 0.3) is 0 Å². The average molecular weight is 335 g/mol. The normalized spacial score (nSPS) is 15.1. The average Bonchev–Trinajstić information content (AvgIpc) is 2.94. The molecule has 128 valence electrons. The van der Waals surface area contributed by atoms with Crippen molar-refractivity contribution in [3.8, 4) is 0 Å². The molecular weight excluding hydrogens is 316 g/mol. The molecule has 0 bridgehead atoms. The van der Waals surface area contributed by atoms with Crippen LogP contribution >= 0.6 is 0 Å². The number of aliphatic carboxylic acids is 1. The highest BCUT2D eigenvalue weighted by Crippen LogP contribution is 2.26. The smallest absolute Gasteiger partial charge is 0.305 e. The summed E-state index contributed by atoms with van der Waals surface area (Å²) in [4.78, 5) is 11.1. The summed E-state index contributed by atoms with van der Waals surface area (Å²) < 4.78 is 32.8. The molecule has 0 saturated carbocycles. The van der Waals surface area contributed by atoms with Crippen molar-refractivity contribution in [3.63, 3.8) is 0 Å². The lowest BCUT2D eigenvalue weighted by atomic mass is 9.99. The van der Waals surface area contributed by atoms with E-state index in [1.165, 1.54) is 11.6 Å². The van der Waals surface area contributed by atoms with Gasteiger partial charge in [0.1, 0.15) is 23.2 Å². The van der Waals surface area contributed by atoms with Gasteiger partial charge in [0.05, 0.1) is 13.0 Å². The summed E-state index contributed by atoms with van der Waals surface area (Å²) in [7, 11) is 0. The molecule has 4 nitrogen and oxygen atoms in total. The Hall–Kier alpha value is -2.21. The lowest BCUT2D eigenvalue weighted by Gasteiger charge is -2.17. The van der Waals surface area contributed by atoms with Gasteiger partial charge in [-0.25, -0.2) is 8.78 Å². The zero-order valence-corrected chi connectivity index (χ0v) is 13.1. The molecule has 1 aromatic carbocycles. The van der Waals surface area contributed by atoms with Gasteiger partial charge in [0.15, 0.2) is 0 Å². The van der Waals surface area contributed by atoms with Crippen LogP contribution in [0.1, 0.15) is 48.0 Å². The van der Waals surface area contributed by atoms with Gasteiger partial charge in [-0.15, -0.1) is 0 Å². The van der Waals surface area contributed by atoms with Crippen molar-refractivity contribution >= 4 is 5.97 Å². The minimum Gasteiger partial charge on any atom is -0.481 e. The Kier molecular flexibility index (Phi) is 4.94. The molecule has 6 heteroatoms. The summed E-state index contributed by atoms with van der Waals surface area (Å²) >= 11 is 0. The third kappa shape index (κ3) is 3.82. The molecule has 0 saturated heterocycles. The summed E-state index contributed by atoms with van der Waals surface area (Å²) in [5, 5.41) is 12.1. The van der Waals surface area contributed by atoms with Crippen molar-refractivity contribution in [2.24, 2.45) is 0 Å². The standard InChI is InChI=1S/C18H19F2NO3/c19-12-5-6-14(15(20)8-12)16(9-18(22)23)21-10-13-7-11-3-1-2-4-17(11)24-13/h5-8,16,21H,1-4,9-10H2,(H,22,23)/t16-/m1/s1. The molecule has 0 radical (unpaired) electrons. The maximum atomic E-state index is 14.0. The third-order valence-electron chi connectivity index (χ3n) is 4.29. The molecule has 0 amide bonds. The lowest BCUT2D eigenvalue weighted by molar-refractivity contribution is -0.137. The molecule has 0 aliphatic heterocycles. The van der Waals surface area contributed by atoms with Crippen molar-refractivity contribution in [1.82, 2.24) is 5.32 Å². The van der Waals surface area contributed by atoms with E-state index >= 15 is 0 Å². The number of halogens is 2. The van der Waals surface area contributed by atoms with Crippen molar-refractivity contribution in [3.05, 3.63) is 58.5 Å². The summed E-state index contributed by atoms with van der Waals surface area (Å²) in [5.41, 5.74) is 1.33. The number of benzene rings is 1. The van der Waals surface area contributed by atoms with Crippen molar-refractivity contribution in [2.45, 2.75) is 44.7 Å². The number of aryl methyl sites for hydroxylation is 2. The predicted octanol–water partition coefficient (Wildman–Crippen LogP) is 3.74. The van der Waals surface area contributed by atoms with E-state index in [0.29, 0.717) is 12.3 Å². The minimum absolute atomic E-state index is 0.134. The van der Waals surface area contributed by atoms with Gasteiger partial charge >= 0.3 is 5.97 Å². The van der Waals surface area contributed by atoms with E-state index in [4.69, 9.17) is 9.52 Å². The Morgan fingerprint density at radius 1 is 1.25 bits per heavy atom. The molecule has 1 aliphatic rings. The number of hydrogen-bond donors (Lipinski definition) is 2. The molecule has 0 fully saturated rings. The van der Waals surface area contributed by atoms with E-state index in [0.717, 1.165) is 43.6 Å². The van der Waals surface area contributed by atoms with Crippen LogP contribution < -0.4 is 5.32 Å². The largest absolute Gasteiger partial charge is 0.481 e. The van der Waals surface area contributed by atoms with E-state index in [1.807, 2.05) is 6.07 Å².